The Kier molecular flexibility index (Phi) is 5.10. The summed E-state index contributed by atoms with van der Waals surface area (Å²) in [4.78, 5) is 39.6. The number of nitrogens with two attached hydrogens (primary N) is 1. The lowest BCUT2D eigenvalue weighted by Crippen LogP contribution is -2.26. The Hall–Kier alpha value is -4.47. The highest BCUT2D eigenvalue weighted by atomic mass is 16.5. The van der Waals surface area contributed by atoms with Crippen LogP contribution in [0, 0.1) is 0 Å². The van der Waals surface area contributed by atoms with E-state index in [9.17, 15) is 9.59 Å². The summed E-state index contributed by atoms with van der Waals surface area (Å²) in [5, 5.41) is 0. The van der Waals surface area contributed by atoms with E-state index < -0.39 is 5.91 Å². The van der Waals surface area contributed by atoms with E-state index in [0.717, 1.165) is 24.8 Å². The van der Waals surface area contributed by atoms with E-state index in [2.05, 4.69) is 9.55 Å². The number of amides is 1. The first-order valence-electron chi connectivity index (χ1n) is 11.9. The number of carbonyl (C=O) groups is 1. The second-order valence-corrected chi connectivity index (χ2v) is 8.85. The van der Waals surface area contributed by atoms with E-state index in [1.54, 1.807) is 38.2 Å². The Morgan fingerprint density at radius 3 is 2.61 bits per heavy atom. The fraction of sp³-hybridized carbons (Fsp3) is 0.269. The summed E-state index contributed by atoms with van der Waals surface area (Å²) in [6.07, 6.45) is 3.01. The van der Waals surface area contributed by atoms with Gasteiger partial charge in [-0.25, -0.2) is 15.0 Å². The molecule has 1 aliphatic carbocycles. The summed E-state index contributed by atoms with van der Waals surface area (Å²) in [5.41, 5.74) is 8.49. The maximum absolute atomic E-state index is 13.5. The zero-order valence-corrected chi connectivity index (χ0v) is 19.9. The van der Waals surface area contributed by atoms with Crippen LogP contribution >= 0.6 is 0 Å². The molecule has 36 heavy (non-hydrogen) atoms. The lowest BCUT2D eigenvalue weighted by atomic mass is 9.92. The Morgan fingerprint density at radius 1 is 1.11 bits per heavy atom. The van der Waals surface area contributed by atoms with Crippen LogP contribution < -0.4 is 16.0 Å². The summed E-state index contributed by atoms with van der Waals surface area (Å²) in [6.45, 7) is 2.08. The highest BCUT2D eigenvalue weighted by Gasteiger charge is 2.30. The van der Waals surface area contributed by atoms with Gasteiger partial charge >= 0.3 is 0 Å². The molecule has 182 valence electrons. The zero-order valence-electron chi connectivity index (χ0n) is 19.9. The van der Waals surface area contributed by atoms with Crippen molar-refractivity contribution in [1.82, 2.24) is 24.1 Å². The van der Waals surface area contributed by atoms with E-state index in [1.807, 2.05) is 18.2 Å². The van der Waals surface area contributed by atoms with Crippen LogP contribution in [0.25, 0.3) is 45.4 Å². The number of hydrogen-bond donors (Lipinski definition) is 1. The largest absolute Gasteiger partial charge is 0.486 e. The Balaban J connectivity index is 1.63. The molecule has 2 aromatic carbocycles. The van der Waals surface area contributed by atoms with E-state index in [1.165, 1.54) is 4.57 Å². The van der Waals surface area contributed by atoms with Gasteiger partial charge < -0.3 is 19.5 Å². The first-order valence-corrected chi connectivity index (χ1v) is 11.9. The molecule has 1 aliphatic rings. The van der Waals surface area contributed by atoms with Crippen LogP contribution in [0.4, 0.5) is 0 Å². The predicted molar refractivity (Wildman–Crippen MR) is 134 cm³/mol. The van der Waals surface area contributed by atoms with Gasteiger partial charge in [-0.2, -0.15) is 0 Å². The number of primary amides is 1. The molecule has 10 heteroatoms. The van der Waals surface area contributed by atoms with Gasteiger partial charge in [-0.1, -0.05) is 12.1 Å². The number of para-hydroxylation sites is 2. The summed E-state index contributed by atoms with van der Waals surface area (Å²) >= 11 is 0. The normalized spacial score (nSPS) is 13.8. The highest BCUT2D eigenvalue weighted by molar-refractivity contribution is 5.96. The third kappa shape index (κ3) is 3.36. The van der Waals surface area contributed by atoms with Crippen molar-refractivity contribution in [2.24, 2.45) is 12.8 Å². The first kappa shape index (κ1) is 22.0. The van der Waals surface area contributed by atoms with Crippen molar-refractivity contribution in [3.05, 3.63) is 58.4 Å². The average molecular weight is 485 g/mol. The molecule has 1 saturated carbocycles. The molecular weight excluding hydrogens is 460 g/mol. The van der Waals surface area contributed by atoms with Crippen LogP contribution in [0.5, 0.6) is 5.75 Å². The zero-order chi connectivity index (χ0) is 25.0. The quantitative estimate of drug-likeness (QED) is 0.387. The van der Waals surface area contributed by atoms with E-state index in [-0.39, 0.29) is 35.5 Å². The molecule has 0 spiro atoms. The molecule has 0 saturated heterocycles. The molecule has 0 unspecified atom stereocenters. The number of hydrogen-bond acceptors (Lipinski definition) is 7. The smallest absolute Gasteiger partial charge is 0.296 e. The number of oxazole rings is 1. The van der Waals surface area contributed by atoms with E-state index >= 15 is 0 Å². The summed E-state index contributed by atoms with van der Waals surface area (Å²) < 4.78 is 15.2. The van der Waals surface area contributed by atoms with Crippen molar-refractivity contribution in [2.75, 3.05) is 6.61 Å². The number of nitrogens with zero attached hydrogens (tertiary/aromatic N) is 5. The minimum Gasteiger partial charge on any atom is -0.486 e. The number of aromatic nitrogens is 5. The SMILES string of the molecule is CCOc1c(-c2nc3ccccc3o2)nc(-c2nc3ccc(C(N)=O)cc3n2C2CCC2)n(C)c1=O. The van der Waals surface area contributed by atoms with Gasteiger partial charge in [-0.05, 0) is 56.5 Å². The number of benzene rings is 2. The van der Waals surface area contributed by atoms with Crippen molar-refractivity contribution in [3.63, 3.8) is 0 Å². The van der Waals surface area contributed by atoms with Gasteiger partial charge in [0.25, 0.3) is 5.56 Å². The van der Waals surface area contributed by atoms with Crippen LogP contribution in [0.1, 0.15) is 42.6 Å². The fourth-order valence-electron chi connectivity index (χ4n) is 4.59. The van der Waals surface area contributed by atoms with Gasteiger partial charge in [0.05, 0.1) is 17.6 Å². The van der Waals surface area contributed by atoms with Crippen molar-refractivity contribution in [3.8, 4) is 29.0 Å². The Bertz CT molecular complexity index is 1680. The highest BCUT2D eigenvalue weighted by Crippen LogP contribution is 2.39. The Morgan fingerprint density at radius 2 is 1.92 bits per heavy atom. The van der Waals surface area contributed by atoms with Gasteiger partial charge in [0.15, 0.2) is 22.9 Å². The maximum atomic E-state index is 13.5. The second kappa shape index (κ2) is 8.33. The van der Waals surface area contributed by atoms with E-state index in [4.69, 9.17) is 24.9 Å². The van der Waals surface area contributed by atoms with Crippen LogP contribution in [0.2, 0.25) is 0 Å². The average Bonchev–Trinajstić information content (AvgIpc) is 3.43. The number of rotatable bonds is 6. The molecule has 3 heterocycles. The van der Waals surface area contributed by atoms with Crippen molar-refractivity contribution in [2.45, 2.75) is 32.2 Å². The van der Waals surface area contributed by atoms with Crippen molar-refractivity contribution < 1.29 is 13.9 Å². The molecule has 5 aromatic rings. The third-order valence-electron chi connectivity index (χ3n) is 6.65. The molecule has 0 radical (unpaired) electrons. The van der Waals surface area contributed by atoms with Gasteiger partial charge in [-0.3, -0.25) is 14.2 Å². The molecule has 0 aliphatic heterocycles. The van der Waals surface area contributed by atoms with Gasteiger partial charge in [0.1, 0.15) is 5.52 Å². The number of fused-ring (bicyclic) bond motifs is 2. The van der Waals surface area contributed by atoms with Gasteiger partial charge in [0, 0.05) is 18.7 Å². The van der Waals surface area contributed by atoms with Crippen LogP contribution in [0.15, 0.2) is 51.7 Å². The van der Waals surface area contributed by atoms with Crippen molar-refractivity contribution in [1.29, 1.82) is 0 Å². The minimum atomic E-state index is -0.510. The number of ether oxygens (including phenoxy) is 1. The number of imidazole rings is 1. The minimum absolute atomic E-state index is 0.0672. The van der Waals surface area contributed by atoms with E-state index in [0.29, 0.717) is 33.8 Å². The number of carbonyl (C=O) groups excluding carboxylic acids is 1. The molecule has 0 atom stereocenters. The van der Waals surface area contributed by atoms with Crippen LogP contribution in [-0.4, -0.2) is 36.6 Å². The van der Waals surface area contributed by atoms with Gasteiger partial charge in [0.2, 0.25) is 17.5 Å². The molecule has 3 aromatic heterocycles. The standard InChI is InChI=1S/C26H24N6O4/c1-3-35-21-20(25-29-17-9-4-5-10-19(17)36-25)30-23(31(2)26(21)34)24-28-16-12-11-14(22(27)33)13-18(16)32(24)15-7-6-8-15/h4-5,9-13,15H,3,6-8H2,1-2H3,(H2,27,33). The van der Waals surface area contributed by atoms with Gasteiger partial charge in [-0.15, -0.1) is 0 Å². The summed E-state index contributed by atoms with van der Waals surface area (Å²) in [5.74, 6) is 0.629. The second-order valence-electron chi connectivity index (χ2n) is 8.85. The summed E-state index contributed by atoms with van der Waals surface area (Å²) in [7, 11) is 1.64. The molecule has 10 nitrogen and oxygen atoms in total. The molecule has 1 amide bonds. The van der Waals surface area contributed by atoms with Crippen LogP contribution in [-0.2, 0) is 7.05 Å². The maximum Gasteiger partial charge on any atom is 0.296 e. The monoisotopic (exact) mass is 484 g/mol. The van der Waals surface area contributed by atoms with Crippen molar-refractivity contribution >= 4 is 28.0 Å². The third-order valence-corrected chi connectivity index (χ3v) is 6.65. The predicted octanol–water partition coefficient (Wildman–Crippen LogP) is 3.83. The van der Waals surface area contributed by atoms with Crippen LogP contribution in [0.3, 0.4) is 0 Å². The lowest BCUT2D eigenvalue weighted by Gasteiger charge is -2.29. The topological polar surface area (TPSA) is 131 Å². The Labute approximate surface area is 205 Å². The molecular formula is C26H24N6O4. The molecule has 1 fully saturated rings. The molecule has 0 bridgehead atoms. The molecule has 6 rings (SSSR count). The summed E-state index contributed by atoms with van der Waals surface area (Å²) in [6, 6.07) is 12.7. The molecule has 2 N–H and O–H groups in total. The fourth-order valence-corrected chi connectivity index (χ4v) is 4.59. The lowest BCUT2D eigenvalue weighted by molar-refractivity contribution is 0.100. The first-order chi connectivity index (χ1) is 17.5.